The molecule has 0 saturated carbocycles. The van der Waals surface area contributed by atoms with Crippen LogP contribution in [-0.2, 0) is 6.18 Å². The molecule has 0 radical (unpaired) electrons. The number of pyridine rings is 2. The van der Waals surface area contributed by atoms with Crippen LogP contribution in [-0.4, -0.2) is 32.8 Å². The number of halogens is 4. The van der Waals surface area contributed by atoms with Crippen molar-refractivity contribution >= 4 is 28.7 Å². The van der Waals surface area contributed by atoms with Gasteiger partial charge in [0, 0.05) is 24.9 Å². The minimum Gasteiger partial charge on any atom is -0.494 e. The van der Waals surface area contributed by atoms with Gasteiger partial charge in [-0.05, 0) is 18.2 Å². The fourth-order valence-corrected chi connectivity index (χ4v) is 3.48. The number of para-hydroxylation sites is 1. The van der Waals surface area contributed by atoms with Crippen LogP contribution in [0.3, 0.4) is 0 Å². The van der Waals surface area contributed by atoms with E-state index in [1.54, 1.807) is 25.1 Å². The van der Waals surface area contributed by atoms with Crippen LogP contribution in [0.25, 0.3) is 11.4 Å². The minimum atomic E-state index is -4.56. The summed E-state index contributed by atoms with van der Waals surface area (Å²) in [6.07, 6.45) is 0.978. The number of anilines is 4. The van der Waals surface area contributed by atoms with Gasteiger partial charge in [-0.2, -0.15) is 13.2 Å². The van der Waals surface area contributed by atoms with Gasteiger partial charge in [0.25, 0.3) is 0 Å². The third kappa shape index (κ3) is 5.80. The Labute approximate surface area is 208 Å². The van der Waals surface area contributed by atoms with Crippen LogP contribution in [0, 0.1) is 5.82 Å². The summed E-state index contributed by atoms with van der Waals surface area (Å²) in [5.74, 6) is -0.0710. The summed E-state index contributed by atoms with van der Waals surface area (Å²) in [7, 11) is 1.44. The lowest BCUT2D eigenvalue weighted by Crippen LogP contribution is -2.08. The molecule has 12 heteroatoms. The number of ether oxygens (including phenoxy) is 1. The Balaban J connectivity index is 1.72. The molecule has 0 unspecified atom stereocenters. The lowest BCUT2D eigenvalue weighted by atomic mass is 10.1. The molecule has 0 amide bonds. The molecule has 0 fully saturated rings. The third-order valence-corrected chi connectivity index (χ3v) is 5.21. The molecule has 1 aromatic carbocycles. The van der Waals surface area contributed by atoms with Crippen molar-refractivity contribution < 1.29 is 27.1 Å². The number of carbonyl (C=O) groups excluding carboxylic acids is 1. The zero-order valence-electron chi connectivity index (χ0n) is 19.6. The molecule has 3 heterocycles. The van der Waals surface area contributed by atoms with Crippen LogP contribution < -0.4 is 15.4 Å². The van der Waals surface area contributed by atoms with E-state index < -0.39 is 17.6 Å². The Morgan fingerprint density at radius 1 is 0.973 bits per heavy atom. The molecule has 190 valence electrons. The van der Waals surface area contributed by atoms with Crippen LogP contribution in [0.15, 0.2) is 61.3 Å². The van der Waals surface area contributed by atoms with Crippen molar-refractivity contribution in [3.63, 3.8) is 0 Å². The lowest BCUT2D eigenvalue weighted by molar-refractivity contribution is -0.137. The Hall–Kier alpha value is -4.61. The van der Waals surface area contributed by atoms with Crippen molar-refractivity contribution in [2.24, 2.45) is 0 Å². The summed E-state index contributed by atoms with van der Waals surface area (Å²) in [6.45, 7) is 1.69. The standard InChI is InChI=1S/C25H20F4N6O2/c1-3-21(36)18-13-31-22(34-16-7-14(9-30-12-16)25(27,28)29)8-20(18)35-19-6-4-5-17(23(19)37-2)24-32-10-15(26)11-33-24/h4-13H,3H2,1-2H3,(H2,31,34,35). The first kappa shape index (κ1) is 25.5. The first-order chi connectivity index (χ1) is 17.7. The summed E-state index contributed by atoms with van der Waals surface area (Å²) in [6, 6.07) is 7.47. The maximum Gasteiger partial charge on any atom is 0.417 e. The van der Waals surface area contributed by atoms with E-state index in [4.69, 9.17) is 4.74 Å². The van der Waals surface area contributed by atoms with Crippen molar-refractivity contribution in [1.82, 2.24) is 19.9 Å². The predicted octanol–water partition coefficient (Wildman–Crippen LogP) is 6.18. The van der Waals surface area contributed by atoms with Crippen molar-refractivity contribution in [2.45, 2.75) is 19.5 Å². The molecule has 0 aliphatic carbocycles. The lowest BCUT2D eigenvalue weighted by Gasteiger charge is -2.17. The van der Waals surface area contributed by atoms with Crippen LogP contribution in [0.5, 0.6) is 5.75 Å². The molecule has 37 heavy (non-hydrogen) atoms. The summed E-state index contributed by atoms with van der Waals surface area (Å²) in [5, 5.41) is 5.93. The maximum absolute atomic E-state index is 13.3. The average Bonchev–Trinajstić information content (AvgIpc) is 2.88. The van der Waals surface area contributed by atoms with Gasteiger partial charge < -0.3 is 15.4 Å². The summed E-state index contributed by atoms with van der Waals surface area (Å²) < 4.78 is 58.1. The zero-order chi connectivity index (χ0) is 26.6. The van der Waals surface area contributed by atoms with Gasteiger partial charge in [0.05, 0.1) is 59.5 Å². The van der Waals surface area contributed by atoms with Gasteiger partial charge in [-0.15, -0.1) is 0 Å². The van der Waals surface area contributed by atoms with E-state index in [9.17, 15) is 22.4 Å². The fraction of sp³-hybridized carbons (Fsp3) is 0.160. The fourth-order valence-electron chi connectivity index (χ4n) is 3.48. The van der Waals surface area contributed by atoms with Crippen molar-refractivity contribution in [2.75, 3.05) is 17.7 Å². The Morgan fingerprint density at radius 3 is 2.41 bits per heavy atom. The van der Waals surface area contributed by atoms with E-state index in [-0.39, 0.29) is 35.1 Å². The molecule has 4 aromatic rings. The summed E-state index contributed by atoms with van der Waals surface area (Å²) in [4.78, 5) is 28.4. The number of aromatic nitrogens is 4. The first-order valence-electron chi connectivity index (χ1n) is 10.9. The number of alkyl halides is 3. The highest BCUT2D eigenvalue weighted by molar-refractivity contribution is 6.02. The number of nitrogens with zero attached hydrogens (tertiary/aromatic N) is 4. The second-order valence-corrected chi connectivity index (χ2v) is 7.71. The number of nitrogens with one attached hydrogen (secondary N) is 2. The summed E-state index contributed by atoms with van der Waals surface area (Å²) in [5.41, 5.74) is 0.656. The Bertz CT molecular complexity index is 1430. The van der Waals surface area contributed by atoms with Crippen molar-refractivity contribution in [1.29, 1.82) is 0 Å². The molecule has 0 aliphatic rings. The Kier molecular flexibility index (Phi) is 7.27. The first-order valence-corrected chi connectivity index (χ1v) is 10.9. The van der Waals surface area contributed by atoms with Gasteiger partial charge in [-0.25, -0.2) is 19.3 Å². The number of rotatable bonds is 8. The molecule has 0 atom stereocenters. The predicted molar refractivity (Wildman–Crippen MR) is 129 cm³/mol. The average molecular weight is 512 g/mol. The van der Waals surface area contributed by atoms with Crippen LogP contribution >= 0.6 is 0 Å². The largest absolute Gasteiger partial charge is 0.494 e. The van der Waals surface area contributed by atoms with Crippen LogP contribution in [0.4, 0.5) is 40.4 Å². The van der Waals surface area contributed by atoms with E-state index in [2.05, 4.69) is 30.6 Å². The SMILES string of the molecule is CCC(=O)c1cnc(Nc2cncc(C(F)(F)F)c2)cc1Nc1cccc(-c2ncc(F)cn2)c1OC. The van der Waals surface area contributed by atoms with Gasteiger partial charge in [0.1, 0.15) is 5.82 Å². The number of ketones is 1. The molecule has 8 nitrogen and oxygen atoms in total. The molecule has 0 bridgehead atoms. The van der Waals surface area contributed by atoms with Crippen molar-refractivity contribution in [3.05, 3.63) is 78.3 Å². The van der Waals surface area contributed by atoms with Crippen molar-refractivity contribution in [3.8, 4) is 17.1 Å². The number of methoxy groups -OCH3 is 1. The van der Waals surface area contributed by atoms with Crippen LogP contribution in [0.2, 0.25) is 0 Å². The minimum absolute atomic E-state index is 0.0656. The van der Waals surface area contributed by atoms with E-state index in [0.29, 0.717) is 22.7 Å². The highest BCUT2D eigenvalue weighted by Crippen LogP contribution is 2.38. The van der Waals surface area contributed by atoms with Gasteiger partial charge in [-0.3, -0.25) is 9.78 Å². The number of hydrogen-bond acceptors (Lipinski definition) is 8. The monoisotopic (exact) mass is 512 g/mol. The molecule has 3 aromatic heterocycles. The molecule has 0 aliphatic heterocycles. The third-order valence-electron chi connectivity index (χ3n) is 5.21. The molecule has 0 saturated heterocycles. The topological polar surface area (TPSA) is 102 Å². The van der Waals surface area contributed by atoms with Gasteiger partial charge in [0.15, 0.2) is 23.2 Å². The second kappa shape index (κ2) is 10.6. The molecule has 2 N–H and O–H groups in total. The van der Waals surface area contributed by atoms with E-state index >= 15 is 0 Å². The van der Waals surface area contributed by atoms with Gasteiger partial charge >= 0.3 is 6.18 Å². The molecule has 0 spiro atoms. The molecule has 4 rings (SSSR count). The quantitative estimate of drug-likeness (QED) is 0.213. The highest BCUT2D eigenvalue weighted by atomic mass is 19.4. The van der Waals surface area contributed by atoms with E-state index in [0.717, 1.165) is 24.7 Å². The van der Waals surface area contributed by atoms with Gasteiger partial charge in [-0.1, -0.05) is 13.0 Å². The number of benzene rings is 1. The number of Topliss-reactive ketones (excluding diaryl/α,β-unsaturated/α-hetero) is 1. The van der Waals surface area contributed by atoms with Crippen LogP contribution in [0.1, 0.15) is 29.3 Å². The normalized spacial score (nSPS) is 11.2. The smallest absolute Gasteiger partial charge is 0.417 e. The summed E-state index contributed by atoms with van der Waals surface area (Å²) >= 11 is 0. The second-order valence-electron chi connectivity index (χ2n) is 7.71. The maximum atomic E-state index is 13.3. The Morgan fingerprint density at radius 2 is 1.73 bits per heavy atom. The molecular formula is C25H20F4N6O2. The van der Waals surface area contributed by atoms with Gasteiger partial charge in [0.2, 0.25) is 0 Å². The number of hydrogen-bond donors (Lipinski definition) is 2. The van der Waals surface area contributed by atoms with E-state index in [1.165, 1.54) is 25.6 Å². The molecular weight excluding hydrogens is 492 g/mol. The van der Waals surface area contributed by atoms with E-state index in [1.807, 2.05) is 0 Å². The zero-order valence-corrected chi connectivity index (χ0v) is 19.6. The number of carbonyl (C=O) groups is 1. The highest BCUT2D eigenvalue weighted by Gasteiger charge is 2.31.